The van der Waals surface area contributed by atoms with Gasteiger partial charge in [-0.05, 0) is 99.2 Å². The highest BCUT2D eigenvalue weighted by Gasteiger charge is 2.28. The molecule has 1 atom stereocenters. The van der Waals surface area contributed by atoms with E-state index < -0.39 is 23.0 Å². The maximum Gasteiger partial charge on any atom is 0.341 e. The highest BCUT2D eigenvalue weighted by atomic mass is 32.2. The molecule has 3 amide bonds. The normalized spacial score (nSPS) is 13.1. The number of anilines is 3. The molecule has 49 heavy (non-hydrogen) atoms. The molecule has 1 aliphatic carbocycles. The number of thioether (sulfide) groups is 1. The van der Waals surface area contributed by atoms with Gasteiger partial charge in [-0.1, -0.05) is 36.4 Å². The number of thiophene rings is 1. The van der Waals surface area contributed by atoms with Crippen LogP contribution < -0.4 is 20.9 Å². The number of carbonyl (C=O) groups is 4. The van der Waals surface area contributed by atoms with E-state index in [9.17, 15) is 19.2 Å². The Morgan fingerprint density at radius 2 is 1.67 bits per heavy atom. The number of fused-ring (bicyclic) bond motifs is 1. The zero-order chi connectivity index (χ0) is 34.9. The van der Waals surface area contributed by atoms with Crippen LogP contribution in [0.25, 0.3) is 6.08 Å². The summed E-state index contributed by atoms with van der Waals surface area (Å²) in [4.78, 5) is 56.8. The van der Waals surface area contributed by atoms with Gasteiger partial charge in [0.25, 0.3) is 11.8 Å². The molecule has 9 nitrogen and oxygen atoms in total. The maximum atomic E-state index is 13.6. The van der Waals surface area contributed by atoms with Crippen molar-refractivity contribution in [2.75, 3.05) is 36.2 Å². The molecule has 3 aromatic carbocycles. The quantitative estimate of drug-likeness (QED) is 0.0803. The Kier molecular flexibility index (Phi) is 11.9. The molecule has 1 heterocycles. The summed E-state index contributed by atoms with van der Waals surface area (Å²) in [5, 5.41) is 8.69. The van der Waals surface area contributed by atoms with E-state index in [4.69, 9.17) is 4.74 Å². The minimum atomic E-state index is -0.508. The van der Waals surface area contributed by atoms with E-state index in [-0.39, 0.29) is 18.2 Å². The first kappa shape index (κ1) is 35.4. The van der Waals surface area contributed by atoms with Crippen molar-refractivity contribution in [3.05, 3.63) is 112 Å². The van der Waals surface area contributed by atoms with Crippen molar-refractivity contribution in [2.24, 2.45) is 0 Å². The summed E-state index contributed by atoms with van der Waals surface area (Å²) in [5.74, 6) is -1.55. The molecule has 1 aliphatic rings. The largest absolute Gasteiger partial charge is 0.462 e. The van der Waals surface area contributed by atoms with Crippen LogP contribution in [0.4, 0.5) is 16.4 Å². The number of rotatable bonds is 12. The molecule has 5 rings (SSSR count). The molecule has 1 aromatic heterocycles. The van der Waals surface area contributed by atoms with Crippen molar-refractivity contribution in [2.45, 2.75) is 49.7 Å². The summed E-state index contributed by atoms with van der Waals surface area (Å²) in [5.41, 5.74) is 4.22. The Hall–Kier alpha value is -4.87. The predicted molar refractivity (Wildman–Crippen MR) is 199 cm³/mol. The number of nitrogens with zero attached hydrogens (tertiary/aromatic N) is 1. The van der Waals surface area contributed by atoms with Gasteiger partial charge in [0.2, 0.25) is 5.91 Å². The van der Waals surface area contributed by atoms with Gasteiger partial charge >= 0.3 is 5.97 Å². The first-order valence-electron chi connectivity index (χ1n) is 16.2. The predicted octanol–water partition coefficient (Wildman–Crippen LogP) is 7.40. The summed E-state index contributed by atoms with van der Waals surface area (Å²) < 4.78 is 5.33. The smallest absolute Gasteiger partial charge is 0.341 e. The molecular weight excluding hydrogens is 657 g/mol. The van der Waals surface area contributed by atoms with E-state index in [0.29, 0.717) is 21.8 Å². The number of hydrogen-bond donors (Lipinski definition) is 3. The fourth-order valence-electron chi connectivity index (χ4n) is 5.37. The summed E-state index contributed by atoms with van der Waals surface area (Å²) in [6.07, 6.45) is 5.38. The fraction of sp³-hybridized carbons (Fsp3) is 0.263. The van der Waals surface area contributed by atoms with Gasteiger partial charge in [-0.15, -0.1) is 23.1 Å². The van der Waals surface area contributed by atoms with E-state index in [2.05, 4.69) is 16.0 Å². The molecule has 11 heteroatoms. The summed E-state index contributed by atoms with van der Waals surface area (Å²) in [7, 11) is 3.89. The number of esters is 1. The third-order valence-corrected chi connectivity index (χ3v) is 10.2. The van der Waals surface area contributed by atoms with E-state index in [1.807, 2.05) is 55.4 Å². The van der Waals surface area contributed by atoms with Crippen LogP contribution in [0.1, 0.15) is 63.4 Å². The number of aryl methyl sites for hydroxylation is 1. The highest BCUT2D eigenvalue weighted by Crippen LogP contribution is 2.39. The second-order valence-corrected chi connectivity index (χ2v) is 14.3. The molecule has 0 saturated heterocycles. The number of amides is 3. The molecule has 0 aliphatic heterocycles. The highest BCUT2D eigenvalue weighted by molar-refractivity contribution is 8.00. The van der Waals surface area contributed by atoms with E-state index in [1.165, 1.54) is 23.1 Å². The lowest BCUT2D eigenvalue weighted by Gasteiger charge is -2.15. The molecule has 4 aromatic rings. The van der Waals surface area contributed by atoms with Crippen LogP contribution in [0.3, 0.4) is 0 Å². The second-order valence-electron chi connectivity index (χ2n) is 11.7. The van der Waals surface area contributed by atoms with Crippen LogP contribution >= 0.6 is 23.1 Å². The lowest BCUT2D eigenvalue weighted by atomic mass is 9.95. The number of nitrogens with one attached hydrogen (secondary N) is 3. The SMILES string of the molecule is CCOC(=O)c1c(NC(=O)C(C)Sc2cccc(NC(=O)/C(=C\c3ccc(N(C)C)cc3)NC(=O)c3ccccc3)c2)sc2c1CCCC2. The average Bonchev–Trinajstić information content (AvgIpc) is 3.46. The van der Waals surface area contributed by atoms with Crippen molar-refractivity contribution in [1.29, 1.82) is 0 Å². The molecule has 0 radical (unpaired) electrons. The maximum absolute atomic E-state index is 13.6. The van der Waals surface area contributed by atoms with Crippen molar-refractivity contribution < 1.29 is 23.9 Å². The second kappa shape index (κ2) is 16.5. The van der Waals surface area contributed by atoms with Gasteiger partial charge in [-0.3, -0.25) is 14.4 Å². The standard InChI is InChI=1S/C38H40N4O5S2/c1-5-47-38(46)33-30-16-9-10-17-32(30)49-37(33)41-34(43)24(2)48-29-15-11-14-27(23-29)39-36(45)31(40-35(44)26-12-7-6-8-13-26)22-25-18-20-28(21-19-25)42(3)4/h6-8,11-15,18-24H,5,9-10,16-17H2,1-4H3,(H,39,45)(H,40,44)(H,41,43)/b31-22+. The van der Waals surface area contributed by atoms with Crippen LogP contribution in [0, 0.1) is 0 Å². The third-order valence-electron chi connectivity index (χ3n) is 7.91. The van der Waals surface area contributed by atoms with E-state index in [0.717, 1.165) is 52.3 Å². The molecule has 0 saturated carbocycles. The number of hydrogen-bond acceptors (Lipinski definition) is 8. The number of carbonyl (C=O) groups excluding carboxylic acids is 4. The van der Waals surface area contributed by atoms with Gasteiger partial charge < -0.3 is 25.6 Å². The van der Waals surface area contributed by atoms with Crippen LogP contribution in [-0.2, 0) is 27.2 Å². The molecule has 0 spiro atoms. The Morgan fingerprint density at radius 1 is 0.939 bits per heavy atom. The Labute approximate surface area is 295 Å². The molecule has 254 valence electrons. The van der Waals surface area contributed by atoms with Crippen LogP contribution in [0.5, 0.6) is 0 Å². The monoisotopic (exact) mass is 696 g/mol. The van der Waals surface area contributed by atoms with Crippen molar-refractivity contribution in [1.82, 2.24) is 5.32 Å². The van der Waals surface area contributed by atoms with Gasteiger partial charge in [0.05, 0.1) is 17.4 Å². The minimum absolute atomic E-state index is 0.0771. The van der Waals surface area contributed by atoms with Gasteiger partial charge in [-0.25, -0.2) is 4.79 Å². The summed E-state index contributed by atoms with van der Waals surface area (Å²) >= 11 is 2.79. The molecular formula is C38H40N4O5S2. The van der Waals surface area contributed by atoms with Gasteiger partial charge in [-0.2, -0.15) is 0 Å². The fourth-order valence-corrected chi connectivity index (χ4v) is 7.57. The van der Waals surface area contributed by atoms with E-state index >= 15 is 0 Å². The third kappa shape index (κ3) is 9.18. The Bertz CT molecular complexity index is 1850. The van der Waals surface area contributed by atoms with Crippen LogP contribution in [0.2, 0.25) is 0 Å². The zero-order valence-electron chi connectivity index (χ0n) is 28.0. The Morgan fingerprint density at radius 3 is 2.39 bits per heavy atom. The summed E-state index contributed by atoms with van der Waals surface area (Å²) in [6.45, 7) is 3.83. The van der Waals surface area contributed by atoms with Crippen molar-refractivity contribution in [3.8, 4) is 0 Å². The van der Waals surface area contributed by atoms with Gasteiger partial charge in [0.15, 0.2) is 0 Å². The molecule has 0 fully saturated rings. The molecule has 0 bridgehead atoms. The molecule has 1 unspecified atom stereocenters. The molecule has 3 N–H and O–H groups in total. The zero-order valence-corrected chi connectivity index (χ0v) is 29.6. The minimum Gasteiger partial charge on any atom is -0.462 e. The number of benzene rings is 3. The van der Waals surface area contributed by atoms with Crippen molar-refractivity contribution >= 4 is 69.2 Å². The lowest BCUT2D eigenvalue weighted by Crippen LogP contribution is -2.30. The number of ether oxygens (including phenoxy) is 1. The first-order valence-corrected chi connectivity index (χ1v) is 17.9. The van der Waals surface area contributed by atoms with Gasteiger partial charge in [0.1, 0.15) is 10.7 Å². The van der Waals surface area contributed by atoms with Crippen LogP contribution in [-0.4, -0.2) is 49.6 Å². The topological polar surface area (TPSA) is 117 Å². The average molecular weight is 697 g/mol. The van der Waals surface area contributed by atoms with Crippen molar-refractivity contribution in [3.63, 3.8) is 0 Å². The van der Waals surface area contributed by atoms with Crippen LogP contribution in [0.15, 0.2) is 89.5 Å². The summed E-state index contributed by atoms with van der Waals surface area (Å²) in [6, 6.07) is 23.5. The Balaban J connectivity index is 1.30. The van der Waals surface area contributed by atoms with E-state index in [1.54, 1.807) is 62.4 Å². The van der Waals surface area contributed by atoms with Gasteiger partial charge in [0, 0.05) is 40.8 Å². The lowest BCUT2D eigenvalue weighted by molar-refractivity contribution is -0.115. The first-order chi connectivity index (χ1) is 23.6.